The average molecular weight is 392 g/mol. The molecule has 0 spiro atoms. The van der Waals surface area contributed by atoms with Gasteiger partial charge in [0.15, 0.2) is 0 Å². The van der Waals surface area contributed by atoms with Crippen molar-refractivity contribution in [1.29, 1.82) is 0 Å². The molecule has 1 fully saturated rings. The molecular weight excluding hydrogens is 373 g/mol. The van der Waals surface area contributed by atoms with Gasteiger partial charge in [0, 0.05) is 24.2 Å². The normalized spacial score (nSPS) is 14.2. The van der Waals surface area contributed by atoms with Gasteiger partial charge < -0.3 is 16.0 Å². The summed E-state index contributed by atoms with van der Waals surface area (Å²) < 4.78 is 0. The number of nitrogens with zero attached hydrogens (tertiary/aromatic N) is 1. The number of amides is 2. The summed E-state index contributed by atoms with van der Waals surface area (Å²) in [4.78, 5) is 26.4. The van der Waals surface area contributed by atoms with E-state index in [0.717, 1.165) is 31.6 Å². The number of nitrogens with one attached hydrogen (secondary N) is 1. The zero-order valence-electron chi connectivity index (χ0n) is 14.1. The van der Waals surface area contributed by atoms with E-state index in [2.05, 4.69) is 10.2 Å². The Kier molecular flexibility index (Phi) is 5.69. The second-order valence-corrected chi connectivity index (χ2v) is 7.04. The first-order valence-corrected chi connectivity index (χ1v) is 9.16. The second-order valence-electron chi connectivity index (χ2n) is 6.23. The minimum Gasteiger partial charge on any atom is -0.370 e. The smallest absolute Gasteiger partial charge is 0.255 e. The molecule has 0 bridgehead atoms. The number of hydrogen-bond acceptors (Lipinski definition) is 3. The van der Waals surface area contributed by atoms with Crippen LogP contribution < -0.4 is 16.0 Å². The first-order valence-electron chi connectivity index (χ1n) is 8.41. The Morgan fingerprint density at radius 3 is 2.27 bits per heavy atom. The Balaban J connectivity index is 1.92. The molecule has 0 aliphatic carbocycles. The molecule has 5 nitrogen and oxygen atoms in total. The van der Waals surface area contributed by atoms with Crippen LogP contribution in [0, 0.1) is 0 Å². The van der Waals surface area contributed by atoms with E-state index in [4.69, 9.17) is 28.9 Å². The third-order valence-electron chi connectivity index (χ3n) is 4.41. The van der Waals surface area contributed by atoms with E-state index in [1.807, 2.05) is 6.07 Å². The summed E-state index contributed by atoms with van der Waals surface area (Å²) >= 11 is 11.9. The zero-order valence-corrected chi connectivity index (χ0v) is 15.6. The molecule has 1 saturated heterocycles. The van der Waals surface area contributed by atoms with Crippen molar-refractivity contribution < 1.29 is 9.59 Å². The predicted octanol–water partition coefficient (Wildman–Crippen LogP) is 4.33. The van der Waals surface area contributed by atoms with Gasteiger partial charge in [0.2, 0.25) is 5.91 Å². The van der Waals surface area contributed by atoms with Crippen molar-refractivity contribution in [2.75, 3.05) is 23.3 Å². The van der Waals surface area contributed by atoms with Crippen LogP contribution in [0.3, 0.4) is 0 Å². The Morgan fingerprint density at radius 1 is 0.923 bits per heavy atom. The number of hydrogen-bond donors (Lipinski definition) is 2. The van der Waals surface area contributed by atoms with Gasteiger partial charge in [-0.1, -0.05) is 23.2 Å². The Labute approximate surface area is 162 Å². The molecule has 0 radical (unpaired) electrons. The van der Waals surface area contributed by atoms with Crippen LogP contribution in [0.4, 0.5) is 11.4 Å². The Hall–Kier alpha value is -2.24. The van der Waals surface area contributed by atoms with Gasteiger partial charge in [-0.25, -0.2) is 0 Å². The van der Waals surface area contributed by atoms with Gasteiger partial charge in [-0.2, -0.15) is 0 Å². The molecule has 1 aliphatic heterocycles. The van der Waals surface area contributed by atoms with Crippen molar-refractivity contribution in [2.24, 2.45) is 5.73 Å². The van der Waals surface area contributed by atoms with Crippen molar-refractivity contribution in [3.05, 3.63) is 57.6 Å². The number of carbonyl (C=O) groups excluding carboxylic acids is 2. The van der Waals surface area contributed by atoms with Gasteiger partial charge in [0.05, 0.1) is 21.4 Å². The fraction of sp³-hybridized carbons (Fsp3) is 0.263. The molecule has 26 heavy (non-hydrogen) atoms. The maximum atomic E-state index is 12.6. The quantitative estimate of drug-likeness (QED) is 0.813. The van der Waals surface area contributed by atoms with Gasteiger partial charge in [0.1, 0.15) is 0 Å². The number of halogens is 2. The number of rotatable bonds is 4. The second kappa shape index (κ2) is 7.98. The van der Waals surface area contributed by atoms with Crippen LogP contribution in [0.5, 0.6) is 0 Å². The molecule has 136 valence electrons. The number of piperidine rings is 1. The number of anilines is 2. The number of carbonyl (C=O) groups is 2. The standard InChI is InChI=1S/C19H19Cl2N3O2/c20-14-6-4-13(10-15(14)21)19(26)23-16-11-12(18(22)25)5-7-17(16)24-8-2-1-3-9-24/h4-7,10-11H,1-3,8-9H2,(H2,22,25)(H,23,26). The van der Waals surface area contributed by atoms with Crippen LogP contribution in [0.25, 0.3) is 0 Å². The topological polar surface area (TPSA) is 75.4 Å². The van der Waals surface area contributed by atoms with Crippen molar-refractivity contribution >= 4 is 46.4 Å². The molecule has 0 unspecified atom stereocenters. The maximum Gasteiger partial charge on any atom is 0.255 e. The lowest BCUT2D eigenvalue weighted by atomic mass is 10.1. The lowest BCUT2D eigenvalue weighted by Crippen LogP contribution is -2.30. The van der Waals surface area contributed by atoms with Crippen LogP contribution in [-0.4, -0.2) is 24.9 Å². The van der Waals surface area contributed by atoms with Gasteiger partial charge in [-0.05, 0) is 55.7 Å². The zero-order chi connectivity index (χ0) is 18.7. The molecular formula is C19H19Cl2N3O2. The highest BCUT2D eigenvalue weighted by atomic mass is 35.5. The summed E-state index contributed by atoms with van der Waals surface area (Å²) in [5.74, 6) is -0.872. The predicted molar refractivity (Wildman–Crippen MR) is 105 cm³/mol. The van der Waals surface area contributed by atoms with Gasteiger partial charge in [-0.15, -0.1) is 0 Å². The number of nitrogens with two attached hydrogens (primary N) is 1. The molecule has 1 heterocycles. The molecule has 0 aromatic heterocycles. The summed E-state index contributed by atoms with van der Waals surface area (Å²) in [6, 6.07) is 9.81. The van der Waals surface area contributed by atoms with E-state index in [9.17, 15) is 9.59 Å². The van der Waals surface area contributed by atoms with Crippen LogP contribution in [0.15, 0.2) is 36.4 Å². The van der Waals surface area contributed by atoms with Crippen LogP contribution in [0.2, 0.25) is 10.0 Å². The molecule has 2 aromatic rings. The fourth-order valence-electron chi connectivity index (χ4n) is 3.03. The minimum absolute atomic E-state index is 0.307. The molecule has 3 rings (SSSR count). The molecule has 3 N–H and O–H groups in total. The third-order valence-corrected chi connectivity index (χ3v) is 5.15. The van der Waals surface area contributed by atoms with E-state index < -0.39 is 5.91 Å². The molecule has 0 atom stereocenters. The van der Waals surface area contributed by atoms with Crippen molar-refractivity contribution in [1.82, 2.24) is 0 Å². The van der Waals surface area contributed by atoms with Gasteiger partial charge in [-0.3, -0.25) is 9.59 Å². The summed E-state index contributed by atoms with van der Waals surface area (Å²) in [6.45, 7) is 1.82. The highest BCUT2D eigenvalue weighted by Gasteiger charge is 2.18. The summed E-state index contributed by atoms with van der Waals surface area (Å²) in [5.41, 5.74) is 7.55. The van der Waals surface area contributed by atoms with Crippen molar-refractivity contribution in [2.45, 2.75) is 19.3 Å². The van der Waals surface area contributed by atoms with E-state index in [0.29, 0.717) is 26.9 Å². The lowest BCUT2D eigenvalue weighted by molar-refractivity contribution is 0.0996. The summed E-state index contributed by atoms with van der Waals surface area (Å²) in [6.07, 6.45) is 3.39. The molecule has 1 aliphatic rings. The molecule has 2 amide bonds. The molecule has 2 aromatic carbocycles. The van der Waals surface area contributed by atoms with Crippen molar-refractivity contribution in [3.63, 3.8) is 0 Å². The number of primary amides is 1. The third kappa shape index (κ3) is 4.11. The summed E-state index contributed by atoms with van der Waals surface area (Å²) in [7, 11) is 0. The Bertz CT molecular complexity index is 849. The van der Waals surface area contributed by atoms with Crippen molar-refractivity contribution in [3.8, 4) is 0 Å². The fourth-order valence-corrected chi connectivity index (χ4v) is 3.33. The van der Waals surface area contributed by atoms with Gasteiger partial charge >= 0.3 is 0 Å². The van der Waals surface area contributed by atoms with E-state index in [1.54, 1.807) is 24.3 Å². The monoisotopic (exact) mass is 391 g/mol. The minimum atomic E-state index is -0.541. The number of benzene rings is 2. The van der Waals surface area contributed by atoms with Crippen LogP contribution in [0.1, 0.15) is 40.0 Å². The molecule has 7 heteroatoms. The maximum absolute atomic E-state index is 12.6. The van der Waals surface area contributed by atoms with Crippen LogP contribution in [-0.2, 0) is 0 Å². The summed E-state index contributed by atoms with van der Waals surface area (Å²) in [5, 5.41) is 3.57. The van der Waals surface area contributed by atoms with Crippen LogP contribution >= 0.6 is 23.2 Å². The SMILES string of the molecule is NC(=O)c1ccc(N2CCCCC2)c(NC(=O)c2ccc(Cl)c(Cl)c2)c1. The largest absolute Gasteiger partial charge is 0.370 e. The highest BCUT2D eigenvalue weighted by Crippen LogP contribution is 2.30. The van der Waals surface area contributed by atoms with Gasteiger partial charge in [0.25, 0.3) is 5.91 Å². The average Bonchev–Trinajstić information content (AvgIpc) is 2.64. The first kappa shape index (κ1) is 18.5. The first-order chi connectivity index (χ1) is 12.5. The van der Waals surface area contributed by atoms with E-state index in [-0.39, 0.29) is 5.91 Å². The molecule has 0 saturated carbocycles. The lowest BCUT2D eigenvalue weighted by Gasteiger charge is -2.30. The highest BCUT2D eigenvalue weighted by molar-refractivity contribution is 6.42. The van der Waals surface area contributed by atoms with E-state index >= 15 is 0 Å². The van der Waals surface area contributed by atoms with E-state index in [1.165, 1.54) is 12.5 Å². The Morgan fingerprint density at radius 2 is 1.62 bits per heavy atom.